The number of hydrogen-bond donors (Lipinski definition) is 1. The van der Waals surface area contributed by atoms with Crippen molar-refractivity contribution in [2.24, 2.45) is 35.0 Å². The van der Waals surface area contributed by atoms with Crippen molar-refractivity contribution in [1.29, 1.82) is 0 Å². The lowest BCUT2D eigenvalue weighted by Crippen LogP contribution is -2.16. The van der Waals surface area contributed by atoms with Gasteiger partial charge in [-0.3, -0.25) is 4.79 Å². The molecule has 2 nitrogen and oxygen atoms in total. The summed E-state index contributed by atoms with van der Waals surface area (Å²) in [6.07, 6.45) is 5.49. The van der Waals surface area contributed by atoms with E-state index in [9.17, 15) is 9.90 Å². The molecule has 0 aromatic carbocycles. The third-order valence-electron chi connectivity index (χ3n) is 5.43. The Morgan fingerprint density at radius 1 is 1.27 bits per heavy atom. The lowest BCUT2D eigenvalue weighted by molar-refractivity contribution is -0.139. The second-order valence-electron chi connectivity index (χ2n) is 6.50. The van der Waals surface area contributed by atoms with Crippen LogP contribution in [0, 0.1) is 35.0 Å². The molecule has 3 rings (SSSR count). The predicted octanol–water partition coefficient (Wildman–Crippen LogP) is 2.78. The van der Waals surface area contributed by atoms with Crippen LogP contribution in [0.4, 0.5) is 0 Å². The van der Waals surface area contributed by atoms with E-state index in [1.165, 1.54) is 25.7 Å². The fourth-order valence-electron chi connectivity index (χ4n) is 4.68. The van der Waals surface area contributed by atoms with E-state index in [1.807, 2.05) is 0 Å². The normalized spacial score (nSPS) is 50.7. The summed E-state index contributed by atoms with van der Waals surface area (Å²) in [6, 6.07) is 0. The van der Waals surface area contributed by atoms with Gasteiger partial charge in [0.15, 0.2) is 0 Å². The molecule has 15 heavy (non-hydrogen) atoms. The Labute approximate surface area is 91.1 Å². The molecule has 0 spiro atoms. The first-order chi connectivity index (χ1) is 7.01. The van der Waals surface area contributed by atoms with Crippen molar-refractivity contribution in [3.05, 3.63) is 0 Å². The molecule has 0 aromatic heterocycles. The van der Waals surface area contributed by atoms with E-state index in [-0.39, 0.29) is 11.3 Å². The van der Waals surface area contributed by atoms with Crippen LogP contribution in [0.15, 0.2) is 0 Å². The molecule has 0 amide bonds. The van der Waals surface area contributed by atoms with Crippen LogP contribution < -0.4 is 0 Å². The maximum absolute atomic E-state index is 11.2. The van der Waals surface area contributed by atoms with Gasteiger partial charge in [0.1, 0.15) is 0 Å². The zero-order valence-electron chi connectivity index (χ0n) is 9.57. The summed E-state index contributed by atoms with van der Waals surface area (Å²) in [5.74, 6) is 2.40. The summed E-state index contributed by atoms with van der Waals surface area (Å²) in [5, 5.41) is 9.19. The Kier molecular flexibility index (Phi) is 1.79. The van der Waals surface area contributed by atoms with Gasteiger partial charge in [-0.25, -0.2) is 0 Å². The Hall–Kier alpha value is -0.530. The summed E-state index contributed by atoms with van der Waals surface area (Å²) < 4.78 is 0. The summed E-state index contributed by atoms with van der Waals surface area (Å²) in [7, 11) is 0. The highest BCUT2D eigenvalue weighted by atomic mass is 16.4. The molecule has 5 atom stereocenters. The van der Waals surface area contributed by atoms with E-state index in [0.29, 0.717) is 5.92 Å². The SMILES string of the molecule is CC1(C)[C@H](C(=O)O)[C@H]1C1CC2CCC1C2. The minimum Gasteiger partial charge on any atom is -0.481 e. The quantitative estimate of drug-likeness (QED) is 0.757. The highest BCUT2D eigenvalue weighted by molar-refractivity contribution is 5.75. The molecule has 0 saturated heterocycles. The van der Waals surface area contributed by atoms with Crippen LogP contribution in [0.1, 0.15) is 39.5 Å². The van der Waals surface area contributed by atoms with Gasteiger partial charge in [0.05, 0.1) is 5.92 Å². The van der Waals surface area contributed by atoms with E-state index >= 15 is 0 Å². The molecule has 3 saturated carbocycles. The Morgan fingerprint density at radius 2 is 2.00 bits per heavy atom. The van der Waals surface area contributed by atoms with Gasteiger partial charge in [0, 0.05) is 0 Å². The number of fused-ring (bicyclic) bond motifs is 2. The number of carbonyl (C=O) groups is 1. The van der Waals surface area contributed by atoms with Gasteiger partial charge < -0.3 is 5.11 Å². The molecule has 2 heteroatoms. The highest BCUT2D eigenvalue weighted by Gasteiger charge is 2.67. The van der Waals surface area contributed by atoms with Gasteiger partial charge in [0.25, 0.3) is 0 Å². The smallest absolute Gasteiger partial charge is 0.307 e. The first-order valence-electron chi connectivity index (χ1n) is 6.24. The van der Waals surface area contributed by atoms with Gasteiger partial charge in [-0.2, -0.15) is 0 Å². The van der Waals surface area contributed by atoms with Crippen molar-refractivity contribution in [2.75, 3.05) is 0 Å². The molecule has 3 fully saturated rings. The molecule has 1 N–H and O–H groups in total. The monoisotopic (exact) mass is 208 g/mol. The average molecular weight is 208 g/mol. The minimum atomic E-state index is -0.562. The van der Waals surface area contributed by atoms with Crippen LogP contribution in [0.2, 0.25) is 0 Å². The molecule has 2 bridgehead atoms. The third kappa shape index (κ3) is 1.20. The number of rotatable bonds is 2. The van der Waals surface area contributed by atoms with Crippen LogP contribution in [-0.4, -0.2) is 11.1 Å². The van der Waals surface area contributed by atoms with E-state index < -0.39 is 5.97 Å². The first kappa shape index (κ1) is 9.68. The largest absolute Gasteiger partial charge is 0.481 e. The predicted molar refractivity (Wildman–Crippen MR) is 57.3 cm³/mol. The van der Waals surface area contributed by atoms with Crippen molar-refractivity contribution in [3.8, 4) is 0 Å². The van der Waals surface area contributed by atoms with Crippen LogP contribution >= 0.6 is 0 Å². The fraction of sp³-hybridized carbons (Fsp3) is 0.923. The van der Waals surface area contributed by atoms with Gasteiger partial charge in [-0.1, -0.05) is 20.3 Å². The number of carboxylic acids is 1. The van der Waals surface area contributed by atoms with Crippen LogP contribution in [0.25, 0.3) is 0 Å². The lowest BCUT2D eigenvalue weighted by Gasteiger charge is -2.22. The average Bonchev–Trinajstić information content (AvgIpc) is 2.58. The highest BCUT2D eigenvalue weighted by Crippen LogP contribution is 2.68. The van der Waals surface area contributed by atoms with Crippen LogP contribution in [-0.2, 0) is 4.79 Å². The first-order valence-corrected chi connectivity index (χ1v) is 6.24. The Balaban J connectivity index is 1.77. The second-order valence-corrected chi connectivity index (χ2v) is 6.50. The van der Waals surface area contributed by atoms with Crippen molar-refractivity contribution in [2.45, 2.75) is 39.5 Å². The number of hydrogen-bond acceptors (Lipinski definition) is 1. The Bertz CT molecular complexity index is 308. The van der Waals surface area contributed by atoms with E-state index in [4.69, 9.17) is 0 Å². The molecular formula is C13H20O2. The number of carboxylic acid groups (broad SMARTS) is 1. The second kappa shape index (κ2) is 2.78. The molecule has 3 aliphatic carbocycles. The zero-order chi connectivity index (χ0) is 10.8. The molecule has 0 radical (unpaired) electrons. The molecule has 0 heterocycles. The fourth-order valence-corrected chi connectivity index (χ4v) is 4.68. The van der Waals surface area contributed by atoms with Crippen molar-refractivity contribution < 1.29 is 9.90 Å². The number of aliphatic carboxylic acids is 1. The van der Waals surface area contributed by atoms with Crippen LogP contribution in [0.5, 0.6) is 0 Å². The van der Waals surface area contributed by atoms with E-state index in [0.717, 1.165) is 17.8 Å². The van der Waals surface area contributed by atoms with Gasteiger partial charge >= 0.3 is 5.97 Å². The van der Waals surface area contributed by atoms with Crippen molar-refractivity contribution >= 4 is 5.97 Å². The molecule has 3 unspecified atom stereocenters. The molecule has 0 aliphatic heterocycles. The maximum atomic E-state index is 11.2. The van der Waals surface area contributed by atoms with E-state index in [1.54, 1.807) is 0 Å². The van der Waals surface area contributed by atoms with Gasteiger partial charge in [0.2, 0.25) is 0 Å². The molecule has 0 aromatic rings. The topological polar surface area (TPSA) is 37.3 Å². The minimum absolute atomic E-state index is 0.0538. The van der Waals surface area contributed by atoms with Crippen LogP contribution in [0.3, 0.4) is 0 Å². The summed E-state index contributed by atoms with van der Waals surface area (Å²) >= 11 is 0. The van der Waals surface area contributed by atoms with E-state index in [2.05, 4.69) is 13.8 Å². The third-order valence-corrected chi connectivity index (χ3v) is 5.43. The van der Waals surface area contributed by atoms with Crippen molar-refractivity contribution in [1.82, 2.24) is 0 Å². The molecular weight excluding hydrogens is 188 g/mol. The van der Waals surface area contributed by atoms with Gasteiger partial charge in [-0.15, -0.1) is 0 Å². The summed E-state index contributed by atoms with van der Waals surface area (Å²) in [5.41, 5.74) is 0.0704. The standard InChI is InChI=1S/C13H20O2/c1-13(2)10(11(13)12(14)15)9-6-7-3-4-8(9)5-7/h7-11H,3-6H2,1-2H3,(H,14,15)/t7?,8?,9?,10-,11+/m1/s1. The Morgan fingerprint density at radius 3 is 2.40 bits per heavy atom. The summed E-state index contributed by atoms with van der Waals surface area (Å²) in [4.78, 5) is 11.2. The van der Waals surface area contributed by atoms with Gasteiger partial charge in [-0.05, 0) is 48.3 Å². The molecule has 84 valence electrons. The lowest BCUT2D eigenvalue weighted by atomic mass is 9.82. The maximum Gasteiger partial charge on any atom is 0.307 e. The molecule has 3 aliphatic rings. The zero-order valence-corrected chi connectivity index (χ0v) is 9.57. The summed E-state index contributed by atoms with van der Waals surface area (Å²) in [6.45, 7) is 4.28. The van der Waals surface area contributed by atoms with Crippen molar-refractivity contribution in [3.63, 3.8) is 0 Å².